The second kappa shape index (κ2) is 17.1. The van der Waals surface area contributed by atoms with Gasteiger partial charge in [-0.25, -0.2) is 13.2 Å². The Bertz CT molecular complexity index is 1600. The molecule has 0 bridgehead atoms. The highest BCUT2D eigenvalue weighted by atomic mass is 32.2. The molecule has 48 heavy (non-hydrogen) atoms. The van der Waals surface area contributed by atoms with Crippen LogP contribution >= 0.6 is 11.3 Å². The zero-order valence-electron chi connectivity index (χ0n) is 28.0. The highest BCUT2D eigenvalue weighted by Crippen LogP contribution is 2.29. The Kier molecular flexibility index (Phi) is 13.2. The molecule has 12 nitrogen and oxygen atoms in total. The molecule has 2 heterocycles. The first kappa shape index (κ1) is 37.1. The Hall–Kier alpha value is -3.69. The van der Waals surface area contributed by atoms with Gasteiger partial charge in [-0.1, -0.05) is 13.0 Å². The maximum absolute atomic E-state index is 14.3. The van der Waals surface area contributed by atoms with Crippen LogP contribution in [-0.4, -0.2) is 93.4 Å². The number of likely N-dealkylation sites (N-methyl/N-ethyl adjacent to an activating group) is 1. The van der Waals surface area contributed by atoms with Crippen molar-refractivity contribution in [1.82, 2.24) is 9.21 Å². The van der Waals surface area contributed by atoms with Gasteiger partial charge in [0, 0.05) is 44.0 Å². The molecule has 1 aliphatic rings. The second-order valence-corrected chi connectivity index (χ2v) is 15.3. The third kappa shape index (κ3) is 9.69. The Morgan fingerprint density at radius 2 is 1.83 bits per heavy atom. The monoisotopic (exact) mass is 702 g/mol. The van der Waals surface area contributed by atoms with Crippen LogP contribution in [0, 0.1) is 5.92 Å². The second-order valence-electron chi connectivity index (χ2n) is 12.0. The van der Waals surface area contributed by atoms with Crippen LogP contribution in [0.4, 0.5) is 16.2 Å². The summed E-state index contributed by atoms with van der Waals surface area (Å²) in [7, 11) is -0.628. The Balaban J connectivity index is 1.61. The fourth-order valence-electron chi connectivity index (χ4n) is 5.35. The number of thiophene rings is 1. The summed E-state index contributed by atoms with van der Waals surface area (Å²) in [5.74, 6) is 0.305. The summed E-state index contributed by atoms with van der Waals surface area (Å²) < 4.78 is 45.8. The molecule has 0 aliphatic carbocycles. The Morgan fingerprint density at radius 1 is 1.12 bits per heavy atom. The zero-order chi connectivity index (χ0) is 34.8. The van der Waals surface area contributed by atoms with Gasteiger partial charge in [0.15, 0.2) is 0 Å². The molecule has 0 radical (unpaired) electrons. The van der Waals surface area contributed by atoms with Gasteiger partial charge in [0.2, 0.25) is 0 Å². The van der Waals surface area contributed by atoms with E-state index < -0.39 is 34.1 Å². The van der Waals surface area contributed by atoms with E-state index in [2.05, 4.69) is 10.6 Å². The lowest BCUT2D eigenvalue weighted by atomic mass is 10.0. The van der Waals surface area contributed by atoms with Crippen molar-refractivity contribution >= 4 is 44.7 Å². The van der Waals surface area contributed by atoms with E-state index in [4.69, 9.17) is 14.2 Å². The number of carbonyl (C=O) groups is 2. The molecule has 4 rings (SSSR count). The number of ether oxygens (including phenoxy) is 3. The van der Waals surface area contributed by atoms with E-state index in [-0.39, 0.29) is 41.5 Å². The highest BCUT2D eigenvalue weighted by Gasteiger charge is 2.32. The number of fused-ring (bicyclic) bond motifs is 1. The third-order valence-electron chi connectivity index (χ3n) is 8.25. The first-order valence-corrected chi connectivity index (χ1v) is 18.3. The van der Waals surface area contributed by atoms with E-state index in [0.717, 1.165) is 24.2 Å². The summed E-state index contributed by atoms with van der Waals surface area (Å²) >= 11 is 1.15. The molecule has 3 amide bonds. The molecule has 1 aromatic heterocycles. The number of anilines is 2. The van der Waals surface area contributed by atoms with Crippen molar-refractivity contribution < 1.29 is 37.3 Å². The van der Waals surface area contributed by atoms with Crippen LogP contribution in [0.15, 0.2) is 64.2 Å². The summed E-state index contributed by atoms with van der Waals surface area (Å²) in [5, 5.41) is 17.5. The number of aliphatic hydroxyl groups is 1. The normalized spacial score (nSPS) is 20.3. The van der Waals surface area contributed by atoms with Gasteiger partial charge < -0.3 is 34.9 Å². The lowest BCUT2D eigenvalue weighted by Crippen LogP contribution is -2.48. The highest BCUT2D eigenvalue weighted by molar-refractivity contribution is 7.91. The van der Waals surface area contributed by atoms with Gasteiger partial charge in [-0.15, -0.1) is 11.3 Å². The third-order valence-corrected chi connectivity index (χ3v) is 11.5. The van der Waals surface area contributed by atoms with Crippen molar-refractivity contribution in [1.29, 1.82) is 0 Å². The van der Waals surface area contributed by atoms with Crippen LogP contribution in [0.2, 0.25) is 0 Å². The summed E-state index contributed by atoms with van der Waals surface area (Å²) in [4.78, 5) is 28.8. The number of hydrogen-bond donors (Lipinski definition) is 3. The van der Waals surface area contributed by atoms with Crippen molar-refractivity contribution in [2.75, 3.05) is 51.1 Å². The van der Waals surface area contributed by atoms with Crippen LogP contribution in [0.3, 0.4) is 0 Å². The predicted octanol–water partition coefficient (Wildman–Crippen LogP) is 5.52. The molecule has 262 valence electrons. The minimum Gasteiger partial charge on any atom is -0.497 e. The average Bonchev–Trinajstić information content (AvgIpc) is 3.62. The number of nitrogens with zero attached hydrogens (tertiary/aromatic N) is 2. The fraction of sp³-hybridized carbons (Fsp3) is 0.471. The van der Waals surface area contributed by atoms with Gasteiger partial charge in [-0.2, -0.15) is 4.31 Å². The quantitative estimate of drug-likeness (QED) is 0.264. The summed E-state index contributed by atoms with van der Waals surface area (Å²) in [6.07, 6.45) is 1.49. The SMILES string of the molecule is COc1ccc(NC(=O)Nc2ccc3c(c2)C(=O)N([C@H](C)CO)C[C@H](C)[C@H](CN(C)S(=O)(=O)c2cccs2)OCCCC[C@H](C)O3)cc1. The van der Waals surface area contributed by atoms with Crippen LogP contribution in [-0.2, 0) is 14.8 Å². The van der Waals surface area contributed by atoms with E-state index in [1.165, 1.54) is 11.4 Å². The summed E-state index contributed by atoms with van der Waals surface area (Å²) in [5.41, 5.74) is 1.16. The number of amides is 3. The minimum atomic E-state index is -3.72. The number of urea groups is 1. The molecule has 2 aromatic carbocycles. The van der Waals surface area contributed by atoms with E-state index >= 15 is 0 Å². The minimum absolute atomic E-state index is 0.0877. The maximum atomic E-state index is 14.3. The lowest BCUT2D eigenvalue weighted by Gasteiger charge is -2.35. The van der Waals surface area contributed by atoms with Crippen LogP contribution in [0.5, 0.6) is 11.5 Å². The van der Waals surface area contributed by atoms with Crippen molar-refractivity contribution in [2.45, 2.75) is 62.5 Å². The molecule has 0 spiro atoms. The first-order chi connectivity index (χ1) is 22.9. The number of sulfonamides is 1. The molecule has 14 heteroatoms. The van der Waals surface area contributed by atoms with Crippen molar-refractivity contribution in [3.8, 4) is 11.5 Å². The van der Waals surface area contributed by atoms with Gasteiger partial charge in [0.25, 0.3) is 15.9 Å². The fourth-order valence-corrected chi connectivity index (χ4v) is 7.73. The number of nitrogens with one attached hydrogen (secondary N) is 2. The van der Waals surface area contributed by atoms with Gasteiger partial charge in [-0.05, 0) is 87.0 Å². The number of benzene rings is 2. The van der Waals surface area contributed by atoms with Crippen LogP contribution in [0.1, 0.15) is 50.4 Å². The van der Waals surface area contributed by atoms with Crippen LogP contribution in [0.25, 0.3) is 0 Å². The number of methoxy groups -OCH3 is 1. The summed E-state index contributed by atoms with van der Waals surface area (Å²) in [6.45, 7) is 5.96. The van der Waals surface area contributed by atoms with Crippen LogP contribution < -0.4 is 20.1 Å². The lowest BCUT2D eigenvalue weighted by molar-refractivity contribution is -0.00832. The zero-order valence-corrected chi connectivity index (χ0v) is 29.7. The van der Waals surface area contributed by atoms with Gasteiger partial charge in [0.05, 0.1) is 37.5 Å². The number of aliphatic hydroxyl groups excluding tert-OH is 1. The Labute approximate surface area is 287 Å². The molecular formula is C34H46N4O8S2. The maximum Gasteiger partial charge on any atom is 0.323 e. The van der Waals surface area contributed by atoms with Crippen molar-refractivity contribution in [3.05, 3.63) is 65.5 Å². The predicted molar refractivity (Wildman–Crippen MR) is 187 cm³/mol. The standard InChI is InChI=1S/C34H46N4O8S2/c1-23-20-38(24(2)22-39)33(40)29-19-27(36-34(41)35-26-11-14-28(44-5)15-12-26)13-16-30(29)46-25(3)9-6-7-17-45-31(23)21-37(4)48(42,43)32-10-8-18-47-32/h8,10-16,18-19,23-25,31,39H,6-7,9,17,20-22H2,1-5H3,(H2,35,36,41)/t23-,24+,25-,31-/m0/s1. The first-order valence-electron chi connectivity index (χ1n) is 16.0. The largest absolute Gasteiger partial charge is 0.497 e. The molecule has 4 atom stereocenters. The smallest absolute Gasteiger partial charge is 0.323 e. The number of carbonyl (C=O) groups excluding carboxylic acids is 2. The van der Waals surface area contributed by atoms with E-state index in [9.17, 15) is 23.1 Å². The Morgan fingerprint density at radius 3 is 2.50 bits per heavy atom. The molecule has 0 saturated heterocycles. The van der Waals surface area contributed by atoms with Crippen molar-refractivity contribution in [2.24, 2.45) is 5.92 Å². The molecule has 1 aliphatic heterocycles. The molecule has 0 fully saturated rings. The van der Waals surface area contributed by atoms with Gasteiger partial charge >= 0.3 is 6.03 Å². The van der Waals surface area contributed by atoms with E-state index in [1.807, 2.05) is 13.8 Å². The molecule has 0 saturated carbocycles. The number of rotatable bonds is 9. The van der Waals surface area contributed by atoms with Gasteiger partial charge in [-0.3, -0.25) is 4.79 Å². The average molecular weight is 703 g/mol. The van der Waals surface area contributed by atoms with E-state index in [1.54, 1.807) is 78.9 Å². The molecule has 3 N–H and O–H groups in total. The van der Waals surface area contributed by atoms with Gasteiger partial charge in [0.1, 0.15) is 15.7 Å². The number of hydrogen-bond acceptors (Lipinski definition) is 9. The molecular weight excluding hydrogens is 657 g/mol. The van der Waals surface area contributed by atoms with Crippen molar-refractivity contribution in [3.63, 3.8) is 0 Å². The van der Waals surface area contributed by atoms with E-state index in [0.29, 0.717) is 35.9 Å². The topological polar surface area (TPSA) is 147 Å². The summed E-state index contributed by atoms with van der Waals surface area (Å²) in [6, 6.07) is 14.0. The molecule has 0 unspecified atom stereocenters. The molecule has 3 aromatic rings.